The van der Waals surface area contributed by atoms with E-state index in [1.54, 1.807) is 0 Å². The van der Waals surface area contributed by atoms with Crippen LogP contribution in [0, 0.1) is 5.41 Å². The molecule has 0 radical (unpaired) electrons. The van der Waals surface area contributed by atoms with Crippen LogP contribution in [0.1, 0.15) is 46.5 Å². The third-order valence-corrected chi connectivity index (χ3v) is 1.56. The van der Waals surface area contributed by atoms with Gasteiger partial charge in [0.25, 0.3) is 0 Å². The molecular weight excluding hydrogens is 163 g/mol. The molecule has 0 saturated carbocycles. The van der Waals surface area contributed by atoms with E-state index in [9.17, 15) is 9.90 Å². The molecule has 0 aliphatic carbocycles. The maximum Gasteiger partial charge on any atom is 1.00 e. The van der Waals surface area contributed by atoms with Gasteiger partial charge < -0.3 is 9.90 Å². The molecule has 12 heavy (non-hydrogen) atoms. The summed E-state index contributed by atoms with van der Waals surface area (Å²) in [5.41, 5.74) is 0.325. The van der Waals surface area contributed by atoms with Crippen LogP contribution in [0.25, 0.3) is 0 Å². The Hall–Kier alpha value is 0.470. The number of unbranched alkanes of at least 4 members (excludes halogenated alkanes) is 1. The van der Waals surface area contributed by atoms with Gasteiger partial charge in [-0.3, -0.25) is 0 Å². The van der Waals surface area contributed by atoms with E-state index in [1.807, 2.05) is 0 Å². The first kappa shape index (κ1) is 15.0. The van der Waals surface area contributed by atoms with Gasteiger partial charge in [0.15, 0.2) is 0 Å². The van der Waals surface area contributed by atoms with Gasteiger partial charge >= 0.3 is 29.6 Å². The minimum Gasteiger partial charge on any atom is -0.550 e. The minimum absolute atomic E-state index is 0. The van der Waals surface area contributed by atoms with Crippen molar-refractivity contribution in [3.8, 4) is 0 Å². The zero-order valence-electron chi connectivity index (χ0n) is 8.64. The van der Waals surface area contributed by atoms with Crippen molar-refractivity contribution in [2.45, 2.75) is 46.5 Å². The predicted octanol–water partition coefficient (Wildman–Crippen LogP) is -1.65. The van der Waals surface area contributed by atoms with Crippen LogP contribution >= 0.6 is 0 Å². The molecule has 3 heteroatoms. The molecule has 2 nitrogen and oxygen atoms in total. The van der Waals surface area contributed by atoms with Gasteiger partial charge in [-0.2, -0.15) is 0 Å². The second kappa shape index (κ2) is 6.93. The maximum absolute atomic E-state index is 10.0. The van der Waals surface area contributed by atoms with E-state index in [2.05, 4.69) is 20.8 Å². The summed E-state index contributed by atoms with van der Waals surface area (Å²) >= 11 is 0. The Bertz CT molecular complexity index is 127. The fraction of sp³-hybridized carbons (Fsp3) is 0.889. The molecule has 0 atom stereocenters. The van der Waals surface area contributed by atoms with Crippen LogP contribution in [-0.4, -0.2) is 5.97 Å². The van der Waals surface area contributed by atoms with Gasteiger partial charge in [0.05, 0.1) is 0 Å². The van der Waals surface area contributed by atoms with Crippen LogP contribution < -0.4 is 34.7 Å². The summed E-state index contributed by atoms with van der Waals surface area (Å²) in [5.74, 6) is -0.932. The Morgan fingerprint density at radius 1 is 1.25 bits per heavy atom. The third kappa shape index (κ3) is 13.1. The van der Waals surface area contributed by atoms with E-state index in [0.29, 0.717) is 5.41 Å². The molecule has 0 aromatic heterocycles. The molecule has 66 valence electrons. The topological polar surface area (TPSA) is 40.1 Å². The Morgan fingerprint density at radius 2 is 1.75 bits per heavy atom. The number of carbonyl (C=O) groups is 1. The van der Waals surface area contributed by atoms with E-state index < -0.39 is 5.97 Å². The summed E-state index contributed by atoms with van der Waals surface area (Å²) in [6, 6.07) is 0. The second-order valence-corrected chi connectivity index (χ2v) is 4.14. The van der Waals surface area contributed by atoms with Gasteiger partial charge in [-0.05, 0) is 24.7 Å². The molecule has 0 bridgehead atoms. The molecule has 0 heterocycles. The molecule has 0 unspecified atom stereocenters. The van der Waals surface area contributed by atoms with Crippen LogP contribution in [0.2, 0.25) is 0 Å². The van der Waals surface area contributed by atoms with Gasteiger partial charge in [0.1, 0.15) is 0 Å². The predicted molar refractivity (Wildman–Crippen MR) is 42.9 cm³/mol. The van der Waals surface area contributed by atoms with Crippen molar-refractivity contribution >= 4 is 5.97 Å². The first-order chi connectivity index (χ1) is 4.92. The van der Waals surface area contributed by atoms with Crippen LogP contribution in [-0.2, 0) is 4.79 Å². The van der Waals surface area contributed by atoms with E-state index in [-0.39, 0.29) is 36.0 Å². The second-order valence-electron chi connectivity index (χ2n) is 4.14. The first-order valence-electron chi connectivity index (χ1n) is 4.12. The summed E-state index contributed by atoms with van der Waals surface area (Å²) in [5, 5.41) is 10.0. The van der Waals surface area contributed by atoms with Crippen molar-refractivity contribution in [3.63, 3.8) is 0 Å². The summed E-state index contributed by atoms with van der Waals surface area (Å²) < 4.78 is 0. The summed E-state index contributed by atoms with van der Waals surface area (Å²) in [7, 11) is 0. The van der Waals surface area contributed by atoms with Gasteiger partial charge in [-0.15, -0.1) is 0 Å². The summed E-state index contributed by atoms with van der Waals surface area (Å²) in [6.45, 7) is 6.48. The normalized spacial score (nSPS) is 10.6. The van der Waals surface area contributed by atoms with Crippen LogP contribution in [0.15, 0.2) is 0 Å². The Labute approximate surface area is 97.0 Å². The number of hydrogen-bond donors (Lipinski definition) is 0. The molecule has 0 aromatic rings. The molecule has 0 rings (SSSR count). The Kier molecular flexibility index (Phi) is 8.64. The number of carbonyl (C=O) groups excluding carboxylic acids is 1. The zero-order valence-corrected chi connectivity index (χ0v) is 10.6. The molecule has 0 aromatic carbocycles. The third-order valence-electron chi connectivity index (χ3n) is 1.56. The quantitative estimate of drug-likeness (QED) is 0.384. The van der Waals surface area contributed by atoms with Crippen LogP contribution in [0.5, 0.6) is 0 Å². The largest absolute Gasteiger partial charge is 1.00 e. The smallest absolute Gasteiger partial charge is 0.550 e. The van der Waals surface area contributed by atoms with Crippen molar-refractivity contribution in [2.24, 2.45) is 5.41 Å². The monoisotopic (exact) mass is 180 g/mol. The number of carboxylic acids is 1. The summed E-state index contributed by atoms with van der Waals surface area (Å²) in [4.78, 5) is 10.0. The van der Waals surface area contributed by atoms with Crippen molar-refractivity contribution in [2.75, 3.05) is 0 Å². The number of aliphatic carboxylic acids is 1. The van der Waals surface area contributed by atoms with Gasteiger partial charge in [0.2, 0.25) is 0 Å². The van der Waals surface area contributed by atoms with Crippen LogP contribution in [0.3, 0.4) is 0 Å². The number of hydrogen-bond acceptors (Lipinski definition) is 2. The fourth-order valence-corrected chi connectivity index (χ4v) is 0.925. The van der Waals surface area contributed by atoms with Crippen molar-refractivity contribution in [1.82, 2.24) is 0 Å². The Morgan fingerprint density at radius 3 is 2.08 bits per heavy atom. The molecule has 0 aliphatic rings. The molecular formula is C9H17NaO2. The van der Waals surface area contributed by atoms with E-state index in [0.717, 1.165) is 19.3 Å². The average molecular weight is 180 g/mol. The standard InChI is InChI=1S/C9H18O2.Na/c1-9(2,3)7-5-4-6-8(10)11;/h4-7H2,1-3H3,(H,10,11);/q;+1/p-1. The van der Waals surface area contributed by atoms with E-state index in [4.69, 9.17) is 0 Å². The van der Waals surface area contributed by atoms with Crippen LogP contribution in [0.4, 0.5) is 0 Å². The van der Waals surface area contributed by atoms with Crippen molar-refractivity contribution in [1.29, 1.82) is 0 Å². The molecule has 0 aliphatic heterocycles. The van der Waals surface area contributed by atoms with Gasteiger partial charge in [0, 0.05) is 5.97 Å². The van der Waals surface area contributed by atoms with Crippen molar-refractivity contribution < 1.29 is 39.5 Å². The number of rotatable bonds is 4. The zero-order chi connectivity index (χ0) is 8.91. The molecule has 0 N–H and O–H groups in total. The maximum atomic E-state index is 10.0. The molecule has 0 spiro atoms. The molecule has 0 fully saturated rings. The van der Waals surface area contributed by atoms with Crippen molar-refractivity contribution in [3.05, 3.63) is 0 Å². The van der Waals surface area contributed by atoms with Gasteiger partial charge in [-0.1, -0.05) is 27.2 Å². The molecule has 0 saturated heterocycles. The average Bonchev–Trinajstić information content (AvgIpc) is 1.78. The molecule has 0 amide bonds. The first-order valence-corrected chi connectivity index (χ1v) is 4.12. The van der Waals surface area contributed by atoms with E-state index >= 15 is 0 Å². The minimum atomic E-state index is -0.932. The van der Waals surface area contributed by atoms with Gasteiger partial charge in [-0.25, -0.2) is 0 Å². The van der Waals surface area contributed by atoms with E-state index in [1.165, 1.54) is 0 Å². The Balaban J connectivity index is 0. The SMILES string of the molecule is CC(C)(C)CCCCC(=O)[O-].[Na+]. The number of carboxylic acid groups (broad SMARTS) is 1. The fourth-order valence-electron chi connectivity index (χ4n) is 0.925. The summed E-state index contributed by atoms with van der Waals surface area (Å²) in [6.07, 6.45) is 3.02.